The van der Waals surface area contributed by atoms with Gasteiger partial charge in [-0.2, -0.15) is 8.78 Å². The topological polar surface area (TPSA) is 99.6 Å². The molecule has 0 radical (unpaired) electrons. The molecule has 2 aliphatic heterocycles. The van der Waals surface area contributed by atoms with Gasteiger partial charge >= 0.3 is 0 Å². The van der Waals surface area contributed by atoms with Gasteiger partial charge in [-0.05, 0) is 37.8 Å². The first kappa shape index (κ1) is 26.0. The number of aliphatic hydroxyl groups excluding tert-OH is 1. The SMILES string of the molecule is CC(=O)N1CCC(c2cc3c(NCc4cccc(C(F)(F)CO)c4F)nc(C)nc3c3c2OCCN3)CC1. The Bertz CT molecular complexity index is 1380. The molecule has 0 bridgehead atoms. The van der Waals surface area contributed by atoms with Crippen molar-refractivity contribution in [2.24, 2.45) is 0 Å². The lowest BCUT2D eigenvalue weighted by molar-refractivity contribution is -0.129. The van der Waals surface area contributed by atoms with Crippen molar-refractivity contribution in [2.75, 3.05) is 43.5 Å². The van der Waals surface area contributed by atoms with Crippen LogP contribution in [0.3, 0.4) is 0 Å². The van der Waals surface area contributed by atoms with Crippen molar-refractivity contribution in [3.05, 3.63) is 52.6 Å². The highest BCUT2D eigenvalue weighted by Gasteiger charge is 2.34. The van der Waals surface area contributed by atoms with E-state index in [1.807, 2.05) is 11.0 Å². The van der Waals surface area contributed by atoms with Gasteiger partial charge in [-0.15, -0.1) is 0 Å². The van der Waals surface area contributed by atoms with Gasteiger partial charge in [0.15, 0.2) is 0 Å². The van der Waals surface area contributed by atoms with Crippen LogP contribution in [-0.4, -0.2) is 58.7 Å². The highest BCUT2D eigenvalue weighted by molar-refractivity contribution is 6.01. The van der Waals surface area contributed by atoms with Crippen LogP contribution < -0.4 is 15.4 Å². The van der Waals surface area contributed by atoms with Gasteiger partial charge in [0.1, 0.15) is 47.6 Å². The third-order valence-electron chi connectivity index (χ3n) is 7.23. The third kappa shape index (κ3) is 4.82. The van der Waals surface area contributed by atoms with Crippen LogP contribution in [0, 0.1) is 12.7 Å². The van der Waals surface area contributed by atoms with Gasteiger partial charge in [-0.3, -0.25) is 4.79 Å². The van der Waals surface area contributed by atoms with Crippen LogP contribution in [-0.2, 0) is 17.3 Å². The minimum Gasteiger partial charge on any atom is -0.489 e. The number of anilines is 2. The number of piperidine rings is 1. The number of aromatic nitrogens is 2. The molecule has 38 heavy (non-hydrogen) atoms. The van der Waals surface area contributed by atoms with Gasteiger partial charge in [-0.1, -0.05) is 12.1 Å². The second kappa shape index (κ2) is 10.3. The van der Waals surface area contributed by atoms with Crippen LogP contribution in [0.2, 0.25) is 0 Å². The monoisotopic (exact) mass is 529 g/mol. The van der Waals surface area contributed by atoms with Gasteiger partial charge in [0, 0.05) is 49.6 Å². The number of fused-ring (bicyclic) bond motifs is 3. The predicted octanol–water partition coefficient (Wildman–Crippen LogP) is 4.30. The van der Waals surface area contributed by atoms with Crippen LogP contribution in [0.25, 0.3) is 10.9 Å². The molecule has 1 amide bonds. The zero-order valence-corrected chi connectivity index (χ0v) is 21.3. The highest BCUT2D eigenvalue weighted by Crippen LogP contribution is 2.45. The van der Waals surface area contributed by atoms with Crippen LogP contribution in [0.1, 0.15) is 48.2 Å². The minimum atomic E-state index is -3.68. The molecule has 3 aromatic rings. The summed E-state index contributed by atoms with van der Waals surface area (Å²) in [5.74, 6) is -2.85. The summed E-state index contributed by atoms with van der Waals surface area (Å²) < 4.78 is 49.1. The van der Waals surface area contributed by atoms with E-state index in [1.165, 1.54) is 12.1 Å². The first-order chi connectivity index (χ1) is 18.2. The van der Waals surface area contributed by atoms with Gasteiger partial charge in [0.05, 0.1) is 5.56 Å². The second-order valence-electron chi connectivity index (χ2n) is 9.74. The van der Waals surface area contributed by atoms with E-state index in [0.29, 0.717) is 48.8 Å². The van der Waals surface area contributed by atoms with E-state index >= 15 is 0 Å². The minimum absolute atomic E-state index is 0.0243. The Morgan fingerprint density at radius 1 is 1.29 bits per heavy atom. The summed E-state index contributed by atoms with van der Waals surface area (Å²) in [6.07, 6.45) is 1.57. The number of benzene rings is 2. The summed E-state index contributed by atoms with van der Waals surface area (Å²) in [7, 11) is 0. The number of nitrogens with one attached hydrogen (secondary N) is 2. The Labute approximate surface area is 218 Å². The zero-order valence-electron chi connectivity index (χ0n) is 21.3. The van der Waals surface area contributed by atoms with Crippen molar-refractivity contribution in [1.82, 2.24) is 14.9 Å². The maximum atomic E-state index is 15.0. The van der Waals surface area contributed by atoms with Crippen LogP contribution >= 0.6 is 0 Å². The summed E-state index contributed by atoms with van der Waals surface area (Å²) in [4.78, 5) is 22.9. The highest BCUT2D eigenvalue weighted by atomic mass is 19.3. The maximum absolute atomic E-state index is 15.0. The number of carbonyl (C=O) groups is 1. The molecular formula is C27H30F3N5O3. The molecule has 1 aromatic heterocycles. The predicted molar refractivity (Wildman–Crippen MR) is 137 cm³/mol. The number of aryl methyl sites for hydroxylation is 1. The average Bonchev–Trinajstić information content (AvgIpc) is 2.92. The normalized spacial score (nSPS) is 16.1. The number of aliphatic hydroxyl groups is 1. The molecule has 0 aliphatic carbocycles. The maximum Gasteiger partial charge on any atom is 0.298 e. The summed E-state index contributed by atoms with van der Waals surface area (Å²) in [5.41, 5.74) is 1.59. The van der Waals surface area contributed by atoms with Gasteiger partial charge in [0.25, 0.3) is 5.92 Å². The molecule has 2 aromatic carbocycles. The molecule has 1 fully saturated rings. The molecule has 8 nitrogen and oxygen atoms in total. The average molecular weight is 530 g/mol. The molecule has 0 saturated carbocycles. The third-order valence-corrected chi connectivity index (χ3v) is 7.23. The number of likely N-dealkylation sites (tertiary alicyclic amines) is 1. The largest absolute Gasteiger partial charge is 0.489 e. The van der Waals surface area contributed by atoms with E-state index in [4.69, 9.17) is 9.84 Å². The quantitative estimate of drug-likeness (QED) is 0.438. The van der Waals surface area contributed by atoms with Gasteiger partial charge in [0.2, 0.25) is 5.91 Å². The Balaban J connectivity index is 1.53. The lowest BCUT2D eigenvalue weighted by Gasteiger charge is -2.34. The number of halogens is 3. The van der Waals surface area contributed by atoms with E-state index in [-0.39, 0.29) is 23.9 Å². The molecule has 0 unspecified atom stereocenters. The number of nitrogens with zero attached hydrogens (tertiary/aromatic N) is 3. The fourth-order valence-electron chi connectivity index (χ4n) is 5.24. The Kier molecular flexibility index (Phi) is 7.04. The van der Waals surface area contributed by atoms with Crippen LogP contribution in [0.4, 0.5) is 24.7 Å². The molecule has 11 heteroatoms. The Morgan fingerprint density at radius 2 is 2.05 bits per heavy atom. The molecular weight excluding hydrogens is 499 g/mol. The molecule has 3 N–H and O–H groups in total. The molecule has 5 rings (SSSR count). The molecule has 2 aliphatic rings. The molecule has 0 spiro atoms. The fraction of sp³-hybridized carbons (Fsp3) is 0.444. The van der Waals surface area contributed by atoms with Crippen LogP contribution in [0.15, 0.2) is 24.3 Å². The van der Waals surface area contributed by atoms with Gasteiger partial charge in [-0.25, -0.2) is 14.4 Å². The van der Waals surface area contributed by atoms with Gasteiger partial charge < -0.3 is 25.4 Å². The van der Waals surface area contributed by atoms with Crippen molar-refractivity contribution in [3.8, 4) is 5.75 Å². The summed E-state index contributed by atoms with van der Waals surface area (Å²) in [6.45, 7) is 4.18. The number of amides is 1. The number of rotatable bonds is 6. The summed E-state index contributed by atoms with van der Waals surface area (Å²) in [6, 6.07) is 5.72. The Morgan fingerprint density at radius 3 is 2.76 bits per heavy atom. The molecule has 0 atom stereocenters. The number of carbonyl (C=O) groups excluding carboxylic acids is 1. The van der Waals surface area contributed by atoms with E-state index < -0.39 is 23.9 Å². The lowest BCUT2D eigenvalue weighted by atomic mass is 9.87. The molecule has 3 heterocycles. The van der Waals surface area contributed by atoms with Crippen molar-refractivity contribution in [1.29, 1.82) is 0 Å². The number of ether oxygens (including phenoxy) is 1. The van der Waals surface area contributed by atoms with E-state index in [1.54, 1.807) is 13.8 Å². The van der Waals surface area contributed by atoms with Crippen molar-refractivity contribution in [3.63, 3.8) is 0 Å². The number of hydrogen-bond acceptors (Lipinski definition) is 7. The second-order valence-corrected chi connectivity index (χ2v) is 9.74. The summed E-state index contributed by atoms with van der Waals surface area (Å²) in [5, 5.41) is 16.2. The molecule has 1 saturated heterocycles. The Hall–Kier alpha value is -3.60. The van der Waals surface area contributed by atoms with Crippen molar-refractivity contribution in [2.45, 2.75) is 45.1 Å². The van der Waals surface area contributed by atoms with E-state index in [9.17, 15) is 18.0 Å². The standard InChI is InChI=1S/C27H30F3N5O3/c1-15-33-23-20(26(34-15)32-13-18-4-3-5-21(22(18)28)27(29,30)14-36)12-19(25-24(23)31-8-11-38-25)17-6-9-35(10-7-17)16(2)37/h3-5,12,17,31,36H,6-11,13-14H2,1-2H3,(H,32,33,34). The summed E-state index contributed by atoms with van der Waals surface area (Å²) >= 11 is 0. The first-order valence-electron chi connectivity index (χ1n) is 12.7. The zero-order chi connectivity index (χ0) is 27.0. The van der Waals surface area contributed by atoms with E-state index in [2.05, 4.69) is 20.6 Å². The van der Waals surface area contributed by atoms with Crippen molar-refractivity contribution >= 4 is 28.3 Å². The molecule has 202 valence electrons. The first-order valence-corrected chi connectivity index (χ1v) is 12.7. The lowest BCUT2D eigenvalue weighted by Crippen LogP contribution is -2.36. The van der Waals surface area contributed by atoms with Crippen LogP contribution in [0.5, 0.6) is 5.75 Å². The van der Waals surface area contributed by atoms with E-state index in [0.717, 1.165) is 35.9 Å². The smallest absolute Gasteiger partial charge is 0.298 e. The number of alkyl halides is 2. The fourth-order valence-corrected chi connectivity index (χ4v) is 5.24. The number of hydrogen-bond donors (Lipinski definition) is 3. The van der Waals surface area contributed by atoms with Crippen molar-refractivity contribution < 1.29 is 27.8 Å².